The zero-order valence-corrected chi connectivity index (χ0v) is 12.4. The number of nitrogens with two attached hydrogens (primary N) is 1. The van der Waals surface area contributed by atoms with E-state index in [0.717, 1.165) is 26.7 Å². The van der Waals surface area contributed by atoms with E-state index in [-0.39, 0.29) is 0 Å². The molecule has 2 N–H and O–H groups in total. The molecule has 0 aliphatic heterocycles. The summed E-state index contributed by atoms with van der Waals surface area (Å²) in [5, 5.41) is 0.798. The van der Waals surface area contributed by atoms with Gasteiger partial charge in [0.1, 0.15) is 12.1 Å². The van der Waals surface area contributed by atoms with Gasteiger partial charge in [0.2, 0.25) is 5.88 Å². The highest BCUT2D eigenvalue weighted by Gasteiger charge is 2.08. The molecule has 0 spiro atoms. The predicted octanol–water partition coefficient (Wildman–Crippen LogP) is 4.08. The molecule has 0 aliphatic carbocycles. The van der Waals surface area contributed by atoms with Crippen molar-refractivity contribution >= 4 is 32.5 Å². The summed E-state index contributed by atoms with van der Waals surface area (Å²) in [6.45, 7) is 1.99. The fourth-order valence-corrected chi connectivity index (χ4v) is 2.26. The number of fused-ring (bicyclic) bond motifs is 1. The molecule has 0 aliphatic rings. The lowest BCUT2D eigenvalue weighted by atomic mass is 10.2. The third-order valence-corrected chi connectivity index (χ3v) is 3.47. The van der Waals surface area contributed by atoms with Crippen molar-refractivity contribution < 1.29 is 4.74 Å². The molecule has 0 fully saturated rings. The lowest BCUT2D eigenvalue weighted by molar-refractivity contribution is 0.464. The maximum atomic E-state index is 5.92. The number of rotatable bonds is 2. The van der Waals surface area contributed by atoms with Gasteiger partial charge in [-0.25, -0.2) is 9.97 Å². The molecular weight excluding hydrogens is 318 g/mol. The van der Waals surface area contributed by atoms with Crippen LogP contribution in [-0.4, -0.2) is 9.97 Å². The number of nitrogens with zero attached hydrogens (tertiary/aromatic N) is 2. The van der Waals surface area contributed by atoms with Gasteiger partial charge < -0.3 is 10.5 Å². The van der Waals surface area contributed by atoms with Crippen molar-refractivity contribution in [3.63, 3.8) is 0 Å². The number of nitrogen functional groups attached to an aromatic ring is 1. The van der Waals surface area contributed by atoms with E-state index in [1.165, 1.54) is 6.33 Å². The van der Waals surface area contributed by atoms with Gasteiger partial charge in [0.05, 0.1) is 10.9 Å². The number of aromatic nitrogens is 2. The van der Waals surface area contributed by atoms with Crippen molar-refractivity contribution in [1.29, 1.82) is 0 Å². The Morgan fingerprint density at radius 2 is 1.95 bits per heavy atom. The molecule has 1 aromatic heterocycles. The van der Waals surface area contributed by atoms with Crippen LogP contribution in [0.3, 0.4) is 0 Å². The molecule has 0 saturated heterocycles. The van der Waals surface area contributed by atoms with Crippen LogP contribution in [-0.2, 0) is 0 Å². The molecular formula is C15H12BrN3O. The van der Waals surface area contributed by atoms with Gasteiger partial charge in [0, 0.05) is 10.2 Å². The fraction of sp³-hybridized carbons (Fsp3) is 0.0667. The molecule has 5 heteroatoms. The Balaban J connectivity index is 2.10. The summed E-state index contributed by atoms with van der Waals surface area (Å²) in [6.07, 6.45) is 1.49. The fourth-order valence-electron chi connectivity index (χ4n) is 1.92. The van der Waals surface area contributed by atoms with Gasteiger partial charge in [-0.3, -0.25) is 0 Å². The second-order valence-corrected chi connectivity index (χ2v) is 5.38. The monoisotopic (exact) mass is 329 g/mol. The summed E-state index contributed by atoms with van der Waals surface area (Å²) in [6, 6.07) is 11.3. The van der Waals surface area contributed by atoms with Crippen LogP contribution in [0.2, 0.25) is 0 Å². The number of hydrogen-bond donors (Lipinski definition) is 1. The standard InChI is InChI=1S/C15H12BrN3O/c1-9-2-3-10(16)6-14(9)20-15-12-7-11(17)4-5-13(12)18-8-19-15/h2-8H,17H2,1H3. The first-order chi connectivity index (χ1) is 9.63. The first-order valence-corrected chi connectivity index (χ1v) is 6.87. The summed E-state index contributed by atoms with van der Waals surface area (Å²) in [5.74, 6) is 1.25. The highest BCUT2D eigenvalue weighted by Crippen LogP contribution is 2.31. The van der Waals surface area contributed by atoms with Crippen molar-refractivity contribution in [3.8, 4) is 11.6 Å². The number of benzene rings is 2. The molecule has 4 nitrogen and oxygen atoms in total. The quantitative estimate of drug-likeness (QED) is 0.720. The van der Waals surface area contributed by atoms with Crippen molar-refractivity contribution in [3.05, 3.63) is 52.8 Å². The summed E-state index contributed by atoms with van der Waals surface area (Å²) in [5.41, 5.74) is 8.31. The minimum absolute atomic E-state index is 0.503. The first kappa shape index (κ1) is 12.9. The van der Waals surface area contributed by atoms with E-state index >= 15 is 0 Å². The Morgan fingerprint density at radius 3 is 2.80 bits per heavy atom. The van der Waals surface area contributed by atoms with Gasteiger partial charge >= 0.3 is 0 Å². The van der Waals surface area contributed by atoms with Gasteiger partial charge in [-0.1, -0.05) is 22.0 Å². The van der Waals surface area contributed by atoms with Gasteiger partial charge in [0.15, 0.2) is 0 Å². The van der Waals surface area contributed by atoms with E-state index in [9.17, 15) is 0 Å². The molecule has 0 radical (unpaired) electrons. The average molecular weight is 330 g/mol. The van der Waals surface area contributed by atoms with Crippen LogP contribution in [0.4, 0.5) is 5.69 Å². The zero-order chi connectivity index (χ0) is 14.1. The van der Waals surface area contributed by atoms with E-state index in [0.29, 0.717) is 11.6 Å². The van der Waals surface area contributed by atoms with Crippen LogP contribution in [0.15, 0.2) is 47.2 Å². The summed E-state index contributed by atoms with van der Waals surface area (Å²) in [4.78, 5) is 8.42. The Morgan fingerprint density at radius 1 is 1.10 bits per heavy atom. The largest absolute Gasteiger partial charge is 0.438 e. The molecule has 0 atom stereocenters. The highest BCUT2D eigenvalue weighted by atomic mass is 79.9. The van der Waals surface area contributed by atoms with E-state index in [4.69, 9.17) is 10.5 Å². The van der Waals surface area contributed by atoms with E-state index < -0.39 is 0 Å². The van der Waals surface area contributed by atoms with E-state index in [1.807, 2.05) is 43.3 Å². The smallest absolute Gasteiger partial charge is 0.230 e. The Hall–Kier alpha value is -2.14. The second-order valence-electron chi connectivity index (χ2n) is 4.47. The number of ether oxygens (including phenoxy) is 1. The lowest BCUT2D eigenvalue weighted by Gasteiger charge is -2.10. The molecule has 20 heavy (non-hydrogen) atoms. The summed E-state index contributed by atoms with van der Waals surface area (Å²) in [7, 11) is 0. The van der Waals surface area contributed by atoms with Crippen molar-refractivity contribution in [1.82, 2.24) is 9.97 Å². The molecule has 2 aromatic carbocycles. The molecule has 0 amide bonds. The maximum absolute atomic E-state index is 5.92. The Labute approximate surface area is 124 Å². The highest BCUT2D eigenvalue weighted by molar-refractivity contribution is 9.10. The molecule has 0 unspecified atom stereocenters. The minimum atomic E-state index is 0.503. The number of halogens is 1. The van der Waals surface area contributed by atoms with Gasteiger partial charge in [-0.2, -0.15) is 0 Å². The van der Waals surface area contributed by atoms with E-state index in [2.05, 4.69) is 25.9 Å². The normalized spacial score (nSPS) is 10.7. The van der Waals surface area contributed by atoms with Crippen LogP contribution in [0, 0.1) is 6.92 Å². The number of hydrogen-bond acceptors (Lipinski definition) is 4. The molecule has 0 bridgehead atoms. The second kappa shape index (κ2) is 5.09. The van der Waals surface area contributed by atoms with Crippen LogP contribution < -0.4 is 10.5 Å². The summed E-state index contributed by atoms with van der Waals surface area (Å²) >= 11 is 3.44. The predicted molar refractivity (Wildman–Crippen MR) is 82.9 cm³/mol. The zero-order valence-electron chi connectivity index (χ0n) is 10.8. The maximum Gasteiger partial charge on any atom is 0.230 e. The number of aryl methyl sites for hydroxylation is 1. The lowest BCUT2D eigenvalue weighted by Crippen LogP contribution is -1.94. The molecule has 0 saturated carbocycles. The van der Waals surface area contributed by atoms with Crippen LogP contribution in [0.1, 0.15) is 5.56 Å². The van der Waals surface area contributed by atoms with Crippen LogP contribution >= 0.6 is 15.9 Å². The van der Waals surface area contributed by atoms with Crippen LogP contribution in [0.25, 0.3) is 10.9 Å². The van der Waals surface area contributed by atoms with E-state index in [1.54, 1.807) is 0 Å². The Bertz CT molecular complexity index is 789. The molecule has 3 rings (SSSR count). The molecule has 100 valence electrons. The summed E-state index contributed by atoms with van der Waals surface area (Å²) < 4.78 is 6.88. The van der Waals surface area contributed by atoms with Gasteiger partial charge in [-0.15, -0.1) is 0 Å². The number of anilines is 1. The van der Waals surface area contributed by atoms with Gasteiger partial charge in [-0.05, 0) is 42.8 Å². The van der Waals surface area contributed by atoms with Gasteiger partial charge in [0.25, 0.3) is 0 Å². The van der Waals surface area contributed by atoms with Crippen molar-refractivity contribution in [2.75, 3.05) is 5.73 Å². The van der Waals surface area contributed by atoms with Crippen molar-refractivity contribution in [2.24, 2.45) is 0 Å². The third kappa shape index (κ3) is 2.44. The Kier molecular flexibility index (Phi) is 3.28. The van der Waals surface area contributed by atoms with Crippen molar-refractivity contribution in [2.45, 2.75) is 6.92 Å². The van der Waals surface area contributed by atoms with Crippen LogP contribution in [0.5, 0.6) is 11.6 Å². The molecule has 1 heterocycles. The first-order valence-electron chi connectivity index (χ1n) is 6.08. The minimum Gasteiger partial charge on any atom is -0.438 e. The third-order valence-electron chi connectivity index (χ3n) is 2.98. The average Bonchev–Trinajstić information content (AvgIpc) is 2.43. The topological polar surface area (TPSA) is 61.0 Å². The molecule has 3 aromatic rings. The SMILES string of the molecule is Cc1ccc(Br)cc1Oc1ncnc2ccc(N)cc12.